The van der Waals surface area contributed by atoms with E-state index in [4.69, 9.17) is 6.57 Å². The molecule has 2 heterocycles. The first-order valence-corrected chi connectivity index (χ1v) is 16.7. The van der Waals surface area contributed by atoms with Crippen molar-refractivity contribution in [3.63, 3.8) is 0 Å². The Kier molecular flexibility index (Phi) is 6.66. The van der Waals surface area contributed by atoms with Crippen LogP contribution < -0.4 is 0 Å². The van der Waals surface area contributed by atoms with Crippen LogP contribution in [0.25, 0.3) is 82.1 Å². The molecule has 0 atom stereocenters. The number of hydrogen-bond acceptors (Lipinski definition) is 1. The van der Waals surface area contributed by atoms with Gasteiger partial charge in [0.05, 0.1) is 40.3 Å². The van der Waals surface area contributed by atoms with Gasteiger partial charge in [-0.1, -0.05) is 103 Å². The van der Waals surface area contributed by atoms with E-state index >= 15 is 0 Å². The molecule has 4 heteroatoms. The van der Waals surface area contributed by atoms with Gasteiger partial charge in [0, 0.05) is 32.9 Å². The van der Waals surface area contributed by atoms with E-state index < -0.39 is 0 Å². The van der Waals surface area contributed by atoms with E-state index in [0.717, 1.165) is 66.8 Å². The topological polar surface area (TPSA) is 38.0 Å². The SMILES string of the molecule is [C-]#[N+]c1c(-c2ccc(-n3c4ccccc4c4ccccc43)c(C)c2)ccc(-c2ccc(-n3c4ccccc4c4ccccc43)c(C)c2)c1C#N. The summed E-state index contributed by atoms with van der Waals surface area (Å²) in [6.45, 7) is 12.4. The number of nitrogens with zero attached hydrogens (tertiary/aromatic N) is 4. The maximum Gasteiger partial charge on any atom is 0.212 e. The van der Waals surface area contributed by atoms with E-state index in [1.807, 2.05) is 12.1 Å². The molecule has 0 saturated carbocycles. The maximum absolute atomic E-state index is 10.5. The molecule has 0 aliphatic heterocycles. The highest BCUT2D eigenvalue weighted by atomic mass is 15.0. The zero-order chi connectivity index (χ0) is 33.9. The third kappa shape index (κ3) is 4.30. The monoisotopic (exact) mass is 638 g/mol. The van der Waals surface area contributed by atoms with Crippen molar-refractivity contribution in [2.45, 2.75) is 13.8 Å². The third-order valence-corrected chi connectivity index (χ3v) is 10.1. The molecule has 0 saturated heterocycles. The summed E-state index contributed by atoms with van der Waals surface area (Å²) in [5, 5.41) is 15.4. The average molecular weight is 639 g/mol. The predicted octanol–water partition coefficient (Wildman–Crippen LogP) is 12.3. The van der Waals surface area contributed by atoms with Gasteiger partial charge in [-0.15, -0.1) is 0 Å². The molecule has 234 valence electrons. The number of hydrogen-bond donors (Lipinski definition) is 0. The molecule has 7 aromatic carbocycles. The smallest absolute Gasteiger partial charge is 0.212 e. The lowest BCUT2D eigenvalue weighted by molar-refractivity contribution is 1.15. The molecule has 0 spiro atoms. The standard InChI is InChI=1S/C46H30N4/c1-29-26-31(20-24-40(29)49-42-16-8-4-12-35(42)36-13-5-9-17-43(36)49)33-22-23-34(46(48-3)39(33)28-47)32-21-25-41(30(2)27-32)50-44-18-10-6-14-37(44)38-15-7-11-19-45(38)50/h4-27H,1-2H3. The Bertz CT molecular complexity index is 2620. The minimum Gasteiger partial charge on any atom is -0.309 e. The molecule has 0 amide bonds. The van der Waals surface area contributed by atoms with Crippen LogP contribution in [-0.4, -0.2) is 9.13 Å². The van der Waals surface area contributed by atoms with E-state index in [1.165, 1.54) is 21.5 Å². The lowest BCUT2D eigenvalue weighted by Crippen LogP contribution is -1.98. The summed E-state index contributed by atoms with van der Waals surface area (Å²) in [5.74, 6) is 0. The second-order valence-corrected chi connectivity index (χ2v) is 12.8. The van der Waals surface area contributed by atoms with Crippen molar-refractivity contribution < 1.29 is 0 Å². The summed E-state index contributed by atoms with van der Waals surface area (Å²) in [7, 11) is 0. The molecule has 0 aliphatic rings. The highest BCUT2D eigenvalue weighted by molar-refractivity contribution is 6.10. The summed E-state index contributed by atoms with van der Waals surface area (Å²) in [4.78, 5) is 3.95. The van der Waals surface area contributed by atoms with Crippen molar-refractivity contribution in [1.29, 1.82) is 5.26 Å². The average Bonchev–Trinajstić information content (AvgIpc) is 3.67. The van der Waals surface area contributed by atoms with Crippen LogP contribution in [0.15, 0.2) is 146 Å². The number of aryl methyl sites for hydroxylation is 2. The Morgan fingerprint density at radius 3 is 1.26 bits per heavy atom. The molecule has 0 radical (unpaired) electrons. The van der Waals surface area contributed by atoms with Crippen LogP contribution in [0.5, 0.6) is 0 Å². The Hall–Kier alpha value is -6.88. The number of rotatable bonds is 4. The predicted molar refractivity (Wildman–Crippen MR) is 206 cm³/mol. The van der Waals surface area contributed by atoms with Crippen LogP contribution in [-0.2, 0) is 0 Å². The molecular weight excluding hydrogens is 609 g/mol. The van der Waals surface area contributed by atoms with E-state index in [9.17, 15) is 5.26 Å². The van der Waals surface area contributed by atoms with Crippen molar-refractivity contribution >= 4 is 49.3 Å². The van der Waals surface area contributed by atoms with Gasteiger partial charge in [-0.25, -0.2) is 4.85 Å². The number of benzene rings is 7. The van der Waals surface area contributed by atoms with E-state index in [2.05, 4.69) is 167 Å². The fourth-order valence-corrected chi connectivity index (χ4v) is 7.81. The zero-order valence-corrected chi connectivity index (χ0v) is 27.6. The van der Waals surface area contributed by atoms with Gasteiger partial charge in [-0.2, -0.15) is 5.26 Å². The Balaban J connectivity index is 1.14. The largest absolute Gasteiger partial charge is 0.309 e. The summed E-state index contributed by atoms with van der Waals surface area (Å²) < 4.78 is 4.63. The van der Waals surface area contributed by atoms with Crippen molar-refractivity contribution in [1.82, 2.24) is 9.13 Å². The van der Waals surface area contributed by atoms with Gasteiger partial charge in [0.25, 0.3) is 0 Å². The van der Waals surface area contributed by atoms with Crippen LogP contribution in [0.3, 0.4) is 0 Å². The maximum atomic E-state index is 10.5. The van der Waals surface area contributed by atoms with Gasteiger partial charge in [0.2, 0.25) is 5.69 Å². The number of fused-ring (bicyclic) bond motifs is 6. The molecule has 0 unspecified atom stereocenters. The minimum atomic E-state index is 0.373. The first kappa shape index (κ1) is 29.3. The molecule has 0 fully saturated rings. The summed E-state index contributed by atoms with van der Waals surface area (Å²) >= 11 is 0. The molecule has 0 bridgehead atoms. The van der Waals surface area contributed by atoms with Gasteiger partial charge < -0.3 is 9.13 Å². The molecule has 4 nitrogen and oxygen atoms in total. The van der Waals surface area contributed by atoms with Crippen LogP contribution in [0.4, 0.5) is 5.69 Å². The van der Waals surface area contributed by atoms with Gasteiger partial charge in [0.15, 0.2) is 0 Å². The molecule has 50 heavy (non-hydrogen) atoms. The Morgan fingerprint density at radius 1 is 0.500 bits per heavy atom. The second-order valence-electron chi connectivity index (χ2n) is 12.8. The lowest BCUT2D eigenvalue weighted by atomic mass is 9.91. The van der Waals surface area contributed by atoms with E-state index in [1.54, 1.807) is 0 Å². The summed E-state index contributed by atoms with van der Waals surface area (Å²) in [6.07, 6.45) is 0. The molecule has 0 N–H and O–H groups in total. The van der Waals surface area contributed by atoms with Crippen molar-refractivity contribution in [3.05, 3.63) is 174 Å². The van der Waals surface area contributed by atoms with Crippen molar-refractivity contribution in [3.8, 4) is 39.7 Å². The first-order valence-electron chi connectivity index (χ1n) is 16.7. The van der Waals surface area contributed by atoms with E-state index in [-0.39, 0.29) is 0 Å². The van der Waals surface area contributed by atoms with Gasteiger partial charge in [-0.05, 0) is 89.7 Å². The second kappa shape index (κ2) is 11.4. The molecule has 9 aromatic rings. The molecule has 0 aliphatic carbocycles. The fourth-order valence-electron chi connectivity index (χ4n) is 7.81. The number of nitriles is 1. The molecule has 9 rings (SSSR count). The van der Waals surface area contributed by atoms with Gasteiger partial charge in [0.1, 0.15) is 0 Å². The third-order valence-electron chi connectivity index (χ3n) is 10.1. The van der Waals surface area contributed by atoms with Crippen molar-refractivity contribution in [2.75, 3.05) is 0 Å². The fraction of sp³-hybridized carbons (Fsp3) is 0.0435. The Morgan fingerprint density at radius 2 is 0.880 bits per heavy atom. The first-order chi connectivity index (χ1) is 24.6. The number of para-hydroxylation sites is 4. The van der Waals surface area contributed by atoms with Gasteiger partial charge in [-0.3, -0.25) is 0 Å². The molecule has 2 aromatic heterocycles. The van der Waals surface area contributed by atoms with Gasteiger partial charge >= 0.3 is 0 Å². The van der Waals surface area contributed by atoms with Crippen LogP contribution in [0.2, 0.25) is 0 Å². The summed E-state index contributed by atoms with van der Waals surface area (Å²) in [5.41, 5.74) is 13.1. The minimum absolute atomic E-state index is 0.373. The van der Waals surface area contributed by atoms with E-state index in [0.29, 0.717) is 11.3 Å². The number of aromatic nitrogens is 2. The van der Waals surface area contributed by atoms with Crippen LogP contribution in [0, 0.1) is 31.8 Å². The van der Waals surface area contributed by atoms with Crippen molar-refractivity contribution in [2.24, 2.45) is 0 Å². The summed E-state index contributed by atoms with van der Waals surface area (Å²) in [6, 6.07) is 53.0. The lowest BCUT2D eigenvalue weighted by Gasteiger charge is -2.16. The highest BCUT2D eigenvalue weighted by Crippen LogP contribution is 2.42. The zero-order valence-electron chi connectivity index (χ0n) is 27.6. The normalized spacial score (nSPS) is 11.4. The van der Waals surface area contributed by atoms with Crippen LogP contribution >= 0.6 is 0 Å². The highest BCUT2D eigenvalue weighted by Gasteiger charge is 2.20. The van der Waals surface area contributed by atoms with Crippen LogP contribution in [0.1, 0.15) is 16.7 Å². The molecular formula is C46H30N4. The Labute approximate surface area is 290 Å². The quantitative estimate of drug-likeness (QED) is 0.177.